The highest BCUT2D eigenvalue weighted by Gasteiger charge is 2.34. The van der Waals surface area contributed by atoms with E-state index in [2.05, 4.69) is 29.1 Å². The van der Waals surface area contributed by atoms with Crippen LogP contribution in [0.1, 0.15) is 68.8 Å². The maximum absolute atomic E-state index is 15.7. The number of aliphatic carboxylic acids is 1. The second-order valence-corrected chi connectivity index (χ2v) is 15.2. The summed E-state index contributed by atoms with van der Waals surface area (Å²) in [5, 5.41) is 22.4. The molecule has 2 bridgehead atoms. The number of nitrogens with zero attached hydrogens (tertiary/aromatic N) is 2. The fraction of sp³-hybridized carbons (Fsp3) is 0.389. The molecule has 4 aromatic rings. The van der Waals surface area contributed by atoms with Gasteiger partial charge >= 0.3 is 5.97 Å². The van der Waals surface area contributed by atoms with Gasteiger partial charge in [0.15, 0.2) is 17.5 Å². The third-order valence-electron chi connectivity index (χ3n) is 8.85. The topological polar surface area (TPSA) is 114 Å². The van der Waals surface area contributed by atoms with Crippen LogP contribution in [0.4, 0.5) is 8.78 Å². The first kappa shape index (κ1) is 34.6. The number of aliphatic imine (C=N–C) groups is 1. The number of carboxylic acid groups (broad SMARTS) is 1. The minimum atomic E-state index is -0.890. The summed E-state index contributed by atoms with van der Waals surface area (Å²) in [4.78, 5) is 24.4. The number of benzene rings is 2. The highest BCUT2D eigenvalue weighted by atomic mass is 32.2. The molecule has 0 amide bonds. The molecule has 0 radical (unpaired) electrons. The maximum atomic E-state index is 15.7. The van der Waals surface area contributed by atoms with Crippen molar-refractivity contribution in [3.8, 4) is 0 Å². The van der Waals surface area contributed by atoms with Crippen molar-refractivity contribution in [1.82, 2.24) is 15.3 Å². The van der Waals surface area contributed by atoms with Gasteiger partial charge in [0, 0.05) is 36.1 Å². The van der Waals surface area contributed by atoms with Gasteiger partial charge in [-0.25, -0.2) is 13.8 Å². The van der Waals surface area contributed by atoms with E-state index in [0.717, 1.165) is 41.0 Å². The van der Waals surface area contributed by atoms with E-state index in [0.29, 0.717) is 41.1 Å². The molecular formula is C36H41F2N5O2S2. The molecule has 1 atom stereocenters. The molecule has 0 aliphatic carbocycles. The number of nitrogens with one attached hydrogen (secondary N) is 3. The summed E-state index contributed by atoms with van der Waals surface area (Å²) >= 11 is 2.98. The van der Waals surface area contributed by atoms with Crippen molar-refractivity contribution in [2.24, 2.45) is 10.4 Å². The predicted octanol–water partition coefficient (Wildman–Crippen LogP) is 8.40. The Kier molecular flexibility index (Phi) is 10.8. The number of pyridine rings is 1. The van der Waals surface area contributed by atoms with E-state index in [4.69, 9.17) is 4.99 Å². The largest absolute Gasteiger partial charge is 0.481 e. The van der Waals surface area contributed by atoms with Crippen LogP contribution in [0.2, 0.25) is 0 Å². The maximum Gasteiger partial charge on any atom is 0.303 e. The molecule has 0 fully saturated rings. The molecule has 11 heteroatoms. The standard InChI is InChI=1S/C36H41F2N5O2S2/c1-35(2)14-6-15-36(3,23-8-5-7-22(19-23)9-10-28(44)45)34(39)43-33(40-4)27-20-24(11-16-41-27)47-32-26(13-18-46-21-35)25-12-17-42-31(25)29(37)30(32)38/h5,7-8,11-12,16-17,19-20,42H,6,9-10,13-15,18,21H2,1-4H3,(H,44,45)(H2,39,40,43)/t36-/m1/s1. The number of fused-ring (bicyclic) bond motifs is 5. The van der Waals surface area contributed by atoms with Gasteiger partial charge in [-0.2, -0.15) is 11.8 Å². The van der Waals surface area contributed by atoms with Crippen LogP contribution in [0.3, 0.4) is 0 Å². The van der Waals surface area contributed by atoms with Crippen LogP contribution in [-0.4, -0.2) is 51.3 Å². The number of halogens is 2. The molecule has 3 heterocycles. The Morgan fingerprint density at radius 1 is 1.13 bits per heavy atom. The Bertz CT molecular complexity index is 1820. The number of carbonyl (C=O) groups is 1. The molecule has 0 unspecified atom stereocenters. The molecule has 2 aromatic heterocycles. The number of hydrogen-bond donors (Lipinski definition) is 4. The van der Waals surface area contributed by atoms with Crippen molar-refractivity contribution in [1.29, 1.82) is 5.41 Å². The van der Waals surface area contributed by atoms with Crippen LogP contribution < -0.4 is 5.32 Å². The van der Waals surface area contributed by atoms with E-state index in [9.17, 15) is 15.3 Å². The number of aromatic amines is 1. The van der Waals surface area contributed by atoms with Gasteiger partial charge in [0.25, 0.3) is 0 Å². The fourth-order valence-corrected chi connectivity index (χ4v) is 8.30. The Morgan fingerprint density at radius 2 is 1.94 bits per heavy atom. The normalized spacial score (nSPS) is 20.5. The van der Waals surface area contributed by atoms with Crippen LogP contribution >= 0.6 is 23.5 Å². The Hall–Kier alpha value is -3.70. The van der Waals surface area contributed by atoms with Crippen molar-refractivity contribution in [2.75, 3.05) is 18.6 Å². The average molecular weight is 678 g/mol. The van der Waals surface area contributed by atoms with Gasteiger partial charge in [0.2, 0.25) is 0 Å². The number of thioether (sulfide) groups is 1. The summed E-state index contributed by atoms with van der Waals surface area (Å²) in [5.41, 5.74) is 2.49. The number of rotatable bonds is 4. The van der Waals surface area contributed by atoms with Crippen LogP contribution in [-0.2, 0) is 23.1 Å². The number of amidine groups is 2. The van der Waals surface area contributed by atoms with E-state index in [-0.39, 0.29) is 28.1 Å². The summed E-state index contributed by atoms with van der Waals surface area (Å²) in [6.45, 7) is 6.51. The average Bonchev–Trinajstić information content (AvgIpc) is 3.54. The first-order valence-corrected chi connectivity index (χ1v) is 17.7. The Labute approximate surface area is 283 Å². The van der Waals surface area contributed by atoms with Crippen LogP contribution in [0.5, 0.6) is 0 Å². The summed E-state index contributed by atoms with van der Waals surface area (Å²) < 4.78 is 30.9. The lowest BCUT2D eigenvalue weighted by molar-refractivity contribution is -0.136. The van der Waals surface area contributed by atoms with Gasteiger partial charge in [0.05, 0.1) is 15.8 Å². The lowest BCUT2D eigenvalue weighted by Gasteiger charge is -2.32. The fourth-order valence-electron chi connectivity index (χ4n) is 6.06. The van der Waals surface area contributed by atoms with E-state index >= 15 is 8.78 Å². The van der Waals surface area contributed by atoms with Crippen molar-refractivity contribution >= 4 is 52.1 Å². The van der Waals surface area contributed by atoms with Crippen molar-refractivity contribution in [3.05, 3.63) is 88.9 Å². The second-order valence-electron chi connectivity index (χ2n) is 13.0. The molecule has 5 rings (SSSR count). The summed E-state index contributed by atoms with van der Waals surface area (Å²) in [5.74, 6) is -0.427. The number of hydrogen-bond acceptors (Lipinski definition) is 6. The van der Waals surface area contributed by atoms with Gasteiger partial charge in [-0.05, 0) is 84.4 Å². The number of aryl methyl sites for hydroxylation is 2. The molecule has 0 saturated heterocycles. The molecule has 7 nitrogen and oxygen atoms in total. The van der Waals surface area contributed by atoms with Gasteiger partial charge in [-0.1, -0.05) is 56.3 Å². The molecule has 2 aromatic carbocycles. The molecule has 248 valence electrons. The number of H-pyrrole nitrogens is 1. The highest BCUT2D eigenvalue weighted by Crippen LogP contribution is 2.40. The van der Waals surface area contributed by atoms with Gasteiger partial charge in [-0.15, -0.1) is 0 Å². The number of carboxylic acids is 1. The SMILES string of the molecule is CN/C1=N\C(=N)[C@@](C)(c2cccc(CCC(=O)O)c2)CCCC(C)(C)CSCCc2c(c(F)c(F)c3[nH]ccc23)Sc2ccnc1c2. The Morgan fingerprint density at radius 3 is 2.70 bits per heavy atom. The monoisotopic (exact) mass is 677 g/mol. The van der Waals surface area contributed by atoms with E-state index < -0.39 is 23.0 Å². The highest BCUT2D eigenvalue weighted by molar-refractivity contribution is 7.99. The van der Waals surface area contributed by atoms with E-state index in [1.165, 1.54) is 11.8 Å². The molecule has 0 spiro atoms. The lowest BCUT2D eigenvalue weighted by Crippen LogP contribution is -2.34. The zero-order chi connectivity index (χ0) is 33.8. The minimum absolute atomic E-state index is 0.00165. The molecule has 1 aliphatic heterocycles. The van der Waals surface area contributed by atoms with Crippen molar-refractivity contribution in [2.45, 2.75) is 74.5 Å². The first-order valence-electron chi connectivity index (χ1n) is 15.8. The number of aromatic nitrogens is 2. The second kappa shape index (κ2) is 14.6. The van der Waals surface area contributed by atoms with Crippen LogP contribution in [0, 0.1) is 22.5 Å². The third-order valence-corrected chi connectivity index (χ3v) is 11.4. The minimum Gasteiger partial charge on any atom is -0.481 e. The van der Waals surface area contributed by atoms with E-state index in [1.54, 1.807) is 31.6 Å². The smallest absolute Gasteiger partial charge is 0.303 e. The van der Waals surface area contributed by atoms with Gasteiger partial charge < -0.3 is 15.4 Å². The summed E-state index contributed by atoms with van der Waals surface area (Å²) in [6.07, 6.45) is 6.72. The molecule has 0 saturated carbocycles. The van der Waals surface area contributed by atoms with E-state index in [1.807, 2.05) is 49.0 Å². The molecule has 4 N–H and O–H groups in total. The first-order chi connectivity index (χ1) is 22.4. The van der Waals surface area contributed by atoms with Crippen molar-refractivity contribution < 1.29 is 18.7 Å². The van der Waals surface area contributed by atoms with Gasteiger partial charge in [0.1, 0.15) is 11.5 Å². The van der Waals surface area contributed by atoms with Crippen molar-refractivity contribution in [3.63, 3.8) is 0 Å². The molecule has 1 aliphatic rings. The predicted molar refractivity (Wildman–Crippen MR) is 188 cm³/mol. The quantitative estimate of drug-likeness (QED) is 0.173. The third kappa shape index (κ3) is 7.89. The Balaban J connectivity index is 1.59. The van der Waals surface area contributed by atoms with Crippen LogP contribution in [0.25, 0.3) is 10.9 Å². The zero-order valence-corrected chi connectivity index (χ0v) is 28.8. The molecular weight excluding hydrogens is 637 g/mol. The van der Waals surface area contributed by atoms with Crippen LogP contribution in [0.15, 0.2) is 69.6 Å². The zero-order valence-electron chi connectivity index (χ0n) is 27.2. The lowest BCUT2D eigenvalue weighted by atomic mass is 9.75. The summed E-state index contributed by atoms with van der Waals surface area (Å²) in [7, 11) is 1.72. The molecule has 47 heavy (non-hydrogen) atoms. The van der Waals surface area contributed by atoms with Gasteiger partial charge in [-0.3, -0.25) is 15.2 Å². The summed E-state index contributed by atoms with van der Waals surface area (Å²) in [6, 6.07) is 13.2.